The van der Waals surface area contributed by atoms with Crippen LogP contribution in [0.5, 0.6) is 0 Å². The molecule has 2 aromatic rings. The summed E-state index contributed by atoms with van der Waals surface area (Å²) in [5.41, 5.74) is 7.83. The molecule has 0 spiro atoms. The van der Waals surface area contributed by atoms with Gasteiger partial charge in [0.1, 0.15) is 0 Å². The van der Waals surface area contributed by atoms with Crippen LogP contribution in [-0.4, -0.2) is 41.7 Å². The summed E-state index contributed by atoms with van der Waals surface area (Å²) in [7, 11) is 0. The fraction of sp³-hybridized carbons (Fsp3) is 0.333. The second-order valence-electron chi connectivity index (χ2n) is 6.28. The number of hydrazine groups is 1. The van der Waals surface area contributed by atoms with Gasteiger partial charge in [-0.25, -0.2) is 10.9 Å². The molecule has 0 saturated heterocycles. The van der Waals surface area contributed by atoms with Crippen LogP contribution in [0.3, 0.4) is 0 Å². The SMILES string of the molecule is CCc1ccc(C(=O)NOCCN(NCc2ccccc2Cl)C(=O)CCO)cc1. The number of hydrogen-bond donors (Lipinski definition) is 3. The maximum absolute atomic E-state index is 12.2. The summed E-state index contributed by atoms with van der Waals surface area (Å²) in [6, 6.07) is 14.6. The summed E-state index contributed by atoms with van der Waals surface area (Å²) in [6.45, 7) is 2.38. The predicted molar refractivity (Wildman–Crippen MR) is 111 cm³/mol. The highest BCUT2D eigenvalue weighted by atomic mass is 35.5. The second kappa shape index (κ2) is 12.2. The minimum atomic E-state index is -0.357. The zero-order valence-corrected chi connectivity index (χ0v) is 17.1. The van der Waals surface area contributed by atoms with E-state index in [-0.39, 0.29) is 38.0 Å². The molecule has 2 aromatic carbocycles. The summed E-state index contributed by atoms with van der Waals surface area (Å²) in [5.74, 6) is -0.644. The van der Waals surface area contributed by atoms with Gasteiger partial charge in [-0.05, 0) is 35.7 Å². The number of aryl methyl sites for hydroxylation is 1. The summed E-state index contributed by atoms with van der Waals surface area (Å²) in [5, 5.41) is 11.0. The van der Waals surface area contributed by atoms with Crippen LogP contribution in [0.25, 0.3) is 0 Å². The molecule has 0 bridgehead atoms. The lowest BCUT2D eigenvalue weighted by atomic mass is 10.1. The van der Waals surface area contributed by atoms with Gasteiger partial charge in [-0.15, -0.1) is 0 Å². The second-order valence-corrected chi connectivity index (χ2v) is 6.68. The van der Waals surface area contributed by atoms with Crippen molar-refractivity contribution in [3.8, 4) is 0 Å². The smallest absolute Gasteiger partial charge is 0.274 e. The van der Waals surface area contributed by atoms with E-state index in [0.717, 1.165) is 17.5 Å². The molecule has 2 rings (SSSR count). The van der Waals surface area contributed by atoms with E-state index in [1.54, 1.807) is 18.2 Å². The number of amides is 2. The van der Waals surface area contributed by atoms with Gasteiger partial charge in [-0.2, -0.15) is 0 Å². The Bertz CT molecular complexity index is 799. The molecular weight excluding hydrogens is 394 g/mol. The number of hydrogen-bond acceptors (Lipinski definition) is 5. The number of nitrogens with one attached hydrogen (secondary N) is 2. The van der Waals surface area contributed by atoms with Crippen molar-refractivity contribution in [3.63, 3.8) is 0 Å². The van der Waals surface area contributed by atoms with Crippen LogP contribution in [0.4, 0.5) is 0 Å². The average Bonchev–Trinajstić information content (AvgIpc) is 2.74. The Morgan fingerprint density at radius 2 is 1.86 bits per heavy atom. The van der Waals surface area contributed by atoms with Crippen molar-refractivity contribution in [1.82, 2.24) is 15.9 Å². The molecule has 0 aliphatic rings. The van der Waals surface area contributed by atoms with Crippen molar-refractivity contribution in [1.29, 1.82) is 0 Å². The largest absolute Gasteiger partial charge is 0.396 e. The lowest BCUT2D eigenvalue weighted by molar-refractivity contribution is -0.136. The molecule has 29 heavy (non-hydrogen) atoms. The molecule has 0 atom stereocenters. The fourth-order valence-electron chi connectivity index (χ4n) is 2.55. The number of benzene rings is 2. The van der Waals surface area contributed by atoms with Crippen LogP contribution in [0.15, 0.2) is 48.5 Å². The van der Waals surface area contributed by atoms with E-state index in [1.807, 2.05) is 37.3 Å². The quantitative estimate of drug-likeness (QED) is 0.384. The number of halogens is 1. The van der Waals surface area contributed by atoms with Crippen LogP contribution in [0.2, 0.25) is 5.02 Å². The Morgan fingerprint density at radius 1 is 1.14 bits per heavy atom. The Hall–Kier alpha value is -2.45. The molecule has 8 heteroatoms. The lowest BCUT2D eigenvalue weighted by Gasteiger charge is -2.23. The molecule has 0 heterocycles. The van der Waals surface area contributed by atoms with E-state index in [1.165, 1.54) is 5.01 Å². The Labute approximate surface area is 175 Å². The number of aliphatic hydroxyl groups excluding tert-OH is 1. The van der Waals surface area contributed by atoms with E-state index >= 15 is 0 Å². The highest BCUT2D eigenvalue weighted by Gasteiger charge is 2.14. The maximum Gasteiger partial charge on any atom is 0.274 e. The van der Waals surface area contributed by atoms with E-state index in [2.05, 4.69) is 10.9 Å². The van der Waals surface area contributed by atoms with Crippen LogP contribution in [0.1, 0.15) is 34.8 Å². The zero-order chi connectivity index (χ0) is 21.1. The molecule has 0 unspecified atom stereocenters. The van der Waals surface area contributed by atoms with Crippen molar-refractivity contribution in [2.24, 2.45) is 0 Å². The third-order valence-corrected chi connectivity index (χ3v) is 4.62. The van der Waals surface area contributed by atoms with Crippen molar-refractivity contribution < 1.29 is 19.5 Å². The zero-order valence-electron chi connectivity index (χ0n) is 16.4. The molecule has 0 aromatic heterocycles. The normalized spacial score (nSPS) is 10.6. The van der Waals surface area contributed by atoms with Crippen molar-refractivity contribution in [2.75, 3.05) is 19.8 Å². The predicted octanol–water partition coefficient (Wildman–Crippen LogP) is 2.48. The molecule has 0 saturated carbocycles. The van der Waals surface area contributed by atoms with Gasteiger partial charge in [0.25, 0.3) is 5.91 Å². The van der Waals surface area contributed by atoms with Crippen LogP contribution >= 0.6 is 11.6 Å². The van der Waals surface area contributed by atoms with Crippen LogP contribution < -0.4 is 10.9 Å². The summed E-state index contributed by atoms with van der Waals surface area (Å²) < 4.78 is 0. The van der Waals surface area contributed by atoms with Gasteiger partial charge in [0.2, 0.25) is 5.91 Å². The minimum absolute atomic E-state index is 0.0222. The third kappa shape index (κ3) is 7.47. The molecule has 0 aliphatic heterocycles. The average molecular weight is 420 g/mol. The third-order valence-electron chi connectivity index (χ3n) is 4.25. The van der Waals surface area contributed by atoms with Gasteiger partial charge in [-0.1, -0.05) is 48.9 Å². The summed E-state index contributed by atoms with van der Waals surface area (Å²) >= 11 is 6.13. The van der Waals surface area contributed by atoms with Gasteiger partial charge >= 0.3 is 0 Å². The number of aliphatic hydroxyl groups is 1. The van der Waals surface area contributed by atoms with Gasteiger partial charge in [0.15, 0.2) is 0 Å². The van der Waals surface area contributed by atoms with Crippen molar-refractivity contribution in [3.05, 3.63) is 70.2 Å². The molecule has 7 nitrogen and oxygen atoms in total. The van der Waals surface area contributed by atoms with Crippen molar-refractivity contribution >= 4 is 23.4 Å². The van der Waals surface area contributed by atoms with Gasteiger partial charge in [-0.3, -0.25) is 19.4 Å². The van der Waals surface area contributed by atoms with Crippen molar-refractivity contribution in [2.45, 2.75) is 26.3 Å². The number of nitrogens with zero attached hydrogens (tertiary/aromatic N) is 1. The Kier molecular flexibility index (Phi) is 9.59. The van der Waals surface area contributed by atoms with E-state index in [0.29, 0.717) is 17.1 Å². The molecular formula is C21H26ClN3O4. The molecule has 2 amide bonds. The highest BCUT2D eigenvalue weighted by Crippen LogP contribution is 2.14. The van der Waals surface area contributed by atoms with E-state index < -0.39 is 0 Å². The van der Waals surface area contributed by atoms with Crippen LogP contribution in [-0.2, 0) is 22.6 Å². The van der Waals surface area contributed by atoms with Gasteiger partial charge < -0.3 is 5.11 Å². The lowest BCUT2D eigenvalue weighted by Crippen LogP contribution is -2.45. The van der Waals surface area contributed by atoms with Gasteiger partial charge in [0, 0.05) is 17.1 Å². The van der Waals surface area contributed by atoms with Gasteiger partial charge in [0.05, 0.1) is 26.2 Å². The molecule has 3 N–H and O–H groups in total. The first kappa shape index (κ1) is 22.8. The first-order valence-electron chi connectivity index (χ1n) is 9.44. The highest BCUT2D eigenvalue weighted by molar-refractivity contribution is 6.31. The number of hydroxylamine groups is 1. The van der Waals surface area contributed by atoms with E-state index in [9.17, 15) is 9.59 Å². The van der Waals surface area contributed by atoms with Crippen LogP contribution in [0, 0.1) is 0 Å². The first-order chi connectivity index (χ1) is 14.0. The number of carbonyl (C=O) groups is 2. The summed E-state index contributed by atoms with van der Waals surface area (Å²) in [4.78, 5) is 29.5. The fourth-order valence-corrected chi connectivity index (χ4v) is 2.75. The topological polar surface area (TPSA) is 90.9 Å². The molecule has 0 fully saturated rings. The first-order valence-corrected chi connectivity index (χ1v) is 9.82. The number of rotatable bonds is 11. The number of carbonyl (C=O) groups excluding carboxylic acids is 2. The monoisotopic (exact) mass is 419 g/mol. The minimum Gasteiger partial charge on any atom is -0.396 e. The molecule has 0 radical (unpaired) electrons. The standard InChI is InChI=1S/C21H26ClN3O4/c1-2-16-7-9-17(10-8-16)21(28)24-29-14-12-25(20(27)11-13-26)23-15-18-5-3-4-6-19(18)22/h3-10,23,26H,2,11-15H2,1H3,(H,24,28). The summed E-state index contributed by atoms with van der Waals surface area (Å²) in [6.07, 6.45) is 0.878. The maximum atomic E-state index is 12.2. The Balaban J connectivity index is 1.82. The molecule has 0 aliphatic carbocycles. The molecule has 156 valence electrons. The Morgan fingerprint density at radius 3 is 2.52 bits per heavy atom. The van der Waals surface area contributed by atoms with E-state index in [4.69, 9.17) is 21.5 Å².